The lowest BCUT2D eigenvalue weighted by Gasteiger charge is -2.28. The largest absolute Gasteiger partial charge is 0.346 e. The second-order valence-electron chi connectivity index (χ2n) is 4.72. The van der Waals surface area contributed by atoms with E-state index in [9.17, 15) is 4.79 Å². The lowest BCUT2D eigenvalue weighted by atomic mass is 9.85. The van der Waals surface area contributed by atoms with E-state index in [-0.39, 0.29) is 23.5 Å². The quantitative estimate of drug-likeness (QED) is 0.550. The lowest BCUT2D eigenvalue weighted by molar-refractivity contribution is -0.188. The van der Waals surface area contributed by atoms with Gasteiger partial charge < -0.3 is 9.47 Å². The van der Waals surface area contributed by atoms with Gasteiger partial charge in [-0.1, -0.05) is 18.2 Å². The second kappa shape index (κ2) is 2.42. The minimum absolute atomic E-state index is 0.0816. The number of carbonyl (C=O) groups is 1. The number of allylic oxidation sites excluding steroid dienone is 2. The summed E-state index contributed by atoms with van der Waals surface area (Å²) in [6, 6.07) is 0. The highest BCUT2D eigenvalue weighted by molar-refractivity contribution is 5.96. The van der Waals surface area contributed by atoms with Crippen molar-refractivity contribution < 1.29 is 14.3 Å². The van der Waals surface area contributed by atoms with Crippen LogP contribution in [0.2, 0.25) is 0 Å². The van der Waals surface area contributed by atoms with E-state index in [1.54, 1.807) is 6.08 Å². The molecule has 1 aliphatic heterocycles. The van der Waals surface area contributed by atoms with Crippen LogP contribution < -0.4 is 0 Å². The van der Waals surface area contributed by atoms with Crippen molar-refractivity contribution in [2.24, 2.45) is 23.7 Å². The third-order valence-electron chi connectivity index (χ3n) is 4.22. The standard InChI is InChI=1S/C12H12O3/c13-10-4-1-7-8-2-3-9(11(7)10)12(8)14-5-6-15-12/h1-4,7-9,11H,5-6H2/t7-,8+,9-,11-/m0/s1. The zero-order chi connectivity index (χ0) is 10.0. The normalized spacial score (nSPS) is 48.4. The molecular formula is C12H12O3. The van der Waals surface area contributed by atoms with Crippen LogP contribution in [0, 0.1) is 23.7 Å². The molecule has 0 aromatic heterocycles. The van der Waals surface area contributed by atoms with Crippen molar-refractivity contribution in [1.29, 1.82) is 0 Å². The van der Waals surface area contributed by atoms with Crippen molar-refractivity contribution in [2.45, 2.75) is 5.79 Å². The van der Waals surface area contributed by atoms with E-state index >= 15 is 0 Å². The number of fused-ring (bicyclic) bond motifs is 3. The van der Waals surface area contributed by atoms with Crippen LogP contribution in [-0.4, -0.2) is 24.8 Å². The van der Waals surface area contributed by atoms with Gasteiger partial charge >= 0.3 is 0 Å². The summed E-state index contributed by atoms with van der Waals surface area (Å²) in [4.78, 5) is 11.8. The Morgan fingerprint density at radius 1 is 1.13 bits per heavy atom. The third-order valence-corrected chi connectivity index (χ3v) is 4.22. The first kappa shape index (κ1) is 8.25. The fourth-order valence-corrected chi connectivity index (χ4v) is 3.71. The predicted octanol–water partition coefficient (Wildman–Crippen LogP) is 0.917. The Kier molecular flexibility index (Phi) is 1.33. The Balaban J connectivity index is 1.83. The summed E-state index contributed by atoms with van der Waals surface area (Å²) in [5.74, 6) is 0.532. The number of carbonyl (C=O) groups excluding carboxylic acids is 1. The van der Waals surface area contributed by atoms with E-state index in [4.69, 9.17) is 9.47 Å². The van der Waals surface area contributed by atoms with Gasteiger partial charge in [0, 0.05) is 17.8 Å². The summed E-state index contributed by atoms with van der Waals surface area (Å²) in [6.45, 7) is 1.32. The Hall–Kier alpha value is -0.930. The average Bonchev–Trinajstić information content (AvgIpc) is 2.96. The number of hydrogen-bond acceptors (Lipinski definition) is 3. The molecule has 1 spiro atoms. The highest BCUT2D eigenvalue weighted by Crippen LogP contribution is 2.60. The van der Waals surface area contributed by atoms with Crippen molar-refractivity contribution in [1.82, 2.24) is 0 Å². The maximum Gasteiger partial charge on any atom is 0.182 e. The molecule has 4 atom stereocenters. The van der Waals surface area contributed by atoms with E-state index in [2.05, 4.69) is 12.2 Å². The molecule has 78 valence electrons. The molecule has 3 aliphatic carbocycles. The number of rotatable bonds is 0. The SMILES string of the molecule is O=C1C=C[C@@H]2[C@H]1[C@@H]1C=C[C@H]2C12OCCO2. The van der Waals surface area contributed by atoms with Gasteiger partial charge in [-0.15, -0.1) is 0 Å². The van der Waals surface area contributed by atoms with E-state index in [0.717, 1.165) is 0 Å². The zero-order valence-corrected chi connectivity index (χ0v) is 8.26. The monoisotopic (exact) mass is 204 g/mol. The van der Waals surface area contributed by atoms with E-state index < -0.39 is 5.79 Å². The van der Waals surface area contributed by atoms with Gasteiger partial charge in [0.25, 0.3) is 0 Å². The molecule has 4 rings (SSSR count). The van der Waals surface area contributed by atoms with Crippen LogP contribution in [0.25, 0.3) is 0 Å². The molecular weight excluding hydrogens is 192 g/mol. The number of hydrogen-bond donors (Lipinski definition) is 0. The molecule has 1 saturated heterocycles. The molecule has 2 bridgehead atoms. The topological polar surface area (TPSA) is 35.5 Å². The predicted molar refractivity (Wildman–Crippen MR) is 51.9 cm³/mol. The van der Waals surface area contributed by atoms with Crippen LogP contribution in [0.5, 0.6) is 0 Å². The minimum atomic E-state index is -0.490. The molecule has 15 heavy (non-hydrogen) atoms. The van der Waals surface area contributed by atoms with Crippen LogP contribution in [0.4, 0.5) is 0 Å². The Labute approximate surface area is 87.7 Å². The molecule has 0 aromatic rings. The first-order chi connectivity index (χ1) is 7.33. The van der Waals surface area contributed by atoms with Gasteiger partial charge in [0.15, 0.2) is 11.6 Å². The molecule has 3 nitrogen and oxygen atoms in total. The van der Waals surface area contributed by atoms with E-state index in [1.807, 2.05) is 6.08 Å². The molecule has 1 heterocycles. The second-order valence-corrected chi connectivity index (χ2v) is 4.72. The molecule has 0 N–H and O–H groups in total. The molecule has 3 heteroatoms. The number of ketones is 1. The van der Waals surface area contributed by atoms with Gasteiger partial charge in [-0.05, 0) is 12.0 Å². The molecule has 2 fully saturated rings. The zero-order valence-electron chi connectivity index (χ0n) is 8.26. The van der Waals surface area contributed by atoms with Gasteiger partial charge in [0.05, 0.1) is 13.2 Å². The molecule has 4 aliphatic rings. The van der Waals surface area contributed by atoms with Gasteiger partial charge in [0.1, 0.15) is 0 Å². The molecule has 0 amide bonds. The fraction of sp³-hybridized carbons (Fsp3) is 0.583. The van der Waals surface area contributed by atoms with Crippen molar-refractivity contribution in [3.05, 3.63) is 24.3 Å². The van der Waals surface area contributed by atoms with E-state index in [1.165, 1.54) is 0 Å². The van der Waals surface area contributed by atoms with Crippen LogP contribution in [0.15, 0.2) is 24.3 Å². The van der Waals surface area contributed by atoms with Crippen molar-refractivity contribution in [3.8, 4) is 0 Å². The van der Waals surface area contributed by atoms with Crippen LogP contribution >= 0.6 is 0 Å². The van der Waals surface area contributed by atoms with Crippen LogP contribution in [0.1, 0.15) is 0 Å². The summed E-state index contributed by atoms with van der Waals surface area (Å²) in [5.41, 5.74) is 0. The molecule has 0 aromatic carbocycles. The maximum absolute atomic E-state index is 11.8. The van der Waals surface area contributed by atoms with Gasteiger partial charge in [0.2, 0.25) is 0 Å². The van der Waals surface area contributed by atoms with E-state index in [0.29, 0.717) is 19.1 Å². The first-order valence-electron chi connectivity index (χ1n) is 5.51. The smallest absolute Gasteiger partial charge is 0.182 e. The summed E-state index contributed by atoms with van der Waals surface area (Å²) >= 11 is 0. The van der Waals surface area contributed by atoms with Gasteiger partial charge in [-0.3, -0.25) is 4.79 Å². The van der Waals surface area contributed by atoms with Crippen LogP contribution in [-0.2, 0) is 14.3 Å². The summed E-state index contributed by atoms with van der Waals surface area (Å²) in [7, 11) is 0. The molecule has 0 radical (unpaired) electrons. The fourth-order valence-electron chi connectivity index (χ4n) is 3.71. The van der Waals surface area contributed by atoms with Crippen molar-refractivity contribution in [3.63, 3.8) is 0 Å². The molecule has 1 saturated carbocycles. The Morgan fingerprint density at radius 2 is 1.87 bits per heavy atom. The maximum atomic E-state index is 11.8. The van der Waals surface area contributed by atoms with Crippen molar-refractivity contribution in [2.75, 3.05) is 13.2 Å². The summed E-state index contributed by atoms with van der Waals surface area (Å²) < 4.78 is 11.6. The average molecular weight is 204 g/mol. The number of ether oxygens (including phenoxy) is 2. The third kappa shape index (κ3) is 0.755. The highest BCUT2D eigenvalue weighted by atomic mass is 16.7. The van der Waals surface area contributed by atoms with Gasteiger partial charge in [-0.25, -0.2) is 0 Å². The Morgan fingerprint density at radius 3 is 2.60 bits per heavy atom. The summed E-state index contributed by atoms with van der Waals surface area (Å²) in [5, 5.41) is 0. The minimum Gasteiger partial charge on any atom is -0.346 e. The summed E-state index contributed by atoms with van der Waals surface area (Å²) in [6.07, 6.45) is 8.04. The van der Waals surface area contributed by atoms with Crippen molar-refractivity contribution >= 4 is 5.78 Å². The van der Waals surface area contributed by atoms with Crippen LogP contribution in [0.3, 0.4) is 0 Å². The first-order valence-corrected chi connectivity index (χ1v) is 5.51. The lowest BCUT2D eigenvalue weighted by Crippen LogP contribution is -2.38. The van der Waals surface area contributed by atoms with Gasteiger partial charge in [-0.2, -0.15) is 0 Å². The highest BCUT2D eigenvalue weighted by Gasteiger charge is 2.66. The molecule has 0 unspecified atom stereocenters. The Bertz CT molecular complexity index is 390.